The number of allylic oxidation sites excluding steroid dienone is 4. The Morgan fingerprint density at radius 1 is 1.00 bits per heavy atom. The lowest BCUT2D eigenvalue weighted by Crippen LogP contribution is -1.77. The number of unbranched alkanes of at least 4 members (excludes halogenated alkanes) is 1. The van der Waals surface area contributed by atoms with Crippen LogP contribution in [0.3, 0.4) is 0 Å². The Bertz CT molecular complexity index is 157. The fourth-order valence-corrected chi connectivity index (χ4v) is 1.08. The van der Waals surface area contributed by atoms with Crippen LogP contribution in [0.15, 0.2) is 23.3 Å². The summed E-state index contributed by atoms with van der Waals surface area (Å²) >= 11 is 0. The molecule has 0 aromatic carbocycles. The lowest BCUT2D eigenvalue weighted by atomic mass is 10.1. The van der Waals surface area contributed by atoms with Crippen molar-refractivity contribution in [3.63, 3.8) is 0 Å². The third-order valence-corrected chi connectivity index (χ3v) is 1.87. The molecule has 0 N–H and O–H groups in total. The Morgan fingerprint density at radius 3 is 2.17 bits per heavy atom. The van der Waals surface area contributed by atoms with Crippen molar-refractivity contribution in [3.8, 4) is 0 Å². The molecule has 0 aliphatic heterocycles. The van der Waals surface area contributed by atoms with Gasteiger partial charge in [0.05, 0.1) is 0 Å². The summed E-state index contributed by atoms with van der Waals surface area (Å²) in [7, 11) is 0. The molecule has 0 saturated carbocycles. The predicted molar refractivity (Wildman–Crippen MR) is 57.3 cm³/mol. The van der Waals surface area contributed by atoms with Gasteiger partial charge in [-0.25, -0.2) is 0 Å². The molecule has 0 aromatic rings. The summed E-state index contributed by atoms with van der Waals surface area (Å²) in [4.78, 5) is 0. The molecule has 0 aromatic heterocycles. The summed E-state index contributed by atoms with van der Waals surface area (Å²) in [5.41, 5.74) is 2.97. The topological polar surface area (TPSA) is 0 Å². The van der Waals surface area contributed by atoms with Gasteiger partial charge < -0.3 is 0 Å². The van der Waals surface area contributed by atoms with Crippen LogP contribution in [0.5, 0.6) is 0 Å². The molecule has 12 heavy (non-hydrogen) atoms. The minimum absolute atomic E-state index is 1.20. The smallest absolute Gasteiger partial charge is 0.0288 e. The van der Waals surface area contributed by atoms with Crippen LogP contribution in [0.25, 0.3) is 0 Å². The maximum atomic E-state index is 2.36. The SMILES string of the molecule is CCCC=C(C)CCC=C(C)C. The largest absolute Gasteiger partial charge is 0.0856 e. The molecule has 0 saturated heterocycles. The fraction of sp³-hybridized carbons (Fsp3) is 0.667. The average molecular weight is 166 g/mol. The second-order valence-electron chi connectivity index (χ2n) is 3.66. The van der Waals surface area contributed by atoms with Crippen LogP contribution in [0, 0.1) is 0 Å². The summed E-state index contributed by atoms with van der Waals surface area (Å²) < 4.78 is 0. The van der Waals surface area contributed by atoms with E-state index in [2.05, 4.69) is 39.8 Å². The Kier molecular flexibility index (Phi) is 6.84. The van der Waals surface area contributed by atoms with Crippen LogP contribution in [-0.2, 0) is 0 Å². The number of rotatable bonds is 5. The van der Waals surface area contributed by atoms with Crippen LogP contribution in [-0.4, -0.2) is 0 Å². The van der Waals surface area contributed by atoms with Crippen molar-refractivity contribution in [1.29, 1.82) is 0 Å². The Balaban J connectivity index is 3.56. The van der Waals surface area contributed by atoms with Gasteiger partial charge in [0.1, 0.15) is 0 Å². The first-order valence-electron chi connectivity index (χ1n) is 4.95. The summed E-state index contributed by atoms with van der Waals surface area (Å²) in [6.45, 7) is 8.77. The van der Waals surface area contributed by atoms with E-state index in [9.17, 15) is 0 Å². The first-order valence-corrected chi connectivity index (χ1v) is 4.95. The highest BCUT2D eigenvalue weighted by molar-refractivity contribution is 5.01. The van der Waals surface area contributed by atoms with Crippen molar-refractivity contribution in [3.05, 3.63) is 23.3 Å². The van der Waals surface area contributed by atoms with E-state index in [1.165, 1.54) is 36.8 Å². The first kappa shape index (κ1) is 11.5. The molecule has 70 valence electrons. The molecule has 0 heteroatoms. The predicted octanol–water partition coefficient (Wildman–Crippen LogP) is 4.48. The molecule has 0 unspecified atom stereocenters. The zero-order valence-electron chi connectivity index (χ0n) is 8.98. The minimum Gasteiger partial charge on any atom is -0.0856 e. The third-order valence-electron chi connectivity index (χ3n) is 1.87. The molecule has 0 bridgehead atoms. The number of hydrogen-bond donors (Lipinski definition) is 0. The van der Waals surface area contributed by atoms with E-state index in [1.54, 1.807) is 0 Å². The van der Waals surface area contributed by atoms with Crippen LogP contribution >= 0.6 is 0 Å². The highest BCUT2D eigenvalue weighted by Gasteiger charge is 1.87. The van der Waals surface area contributed by atoms with Crippen molar-refractivity contribution in [1.82, 2.24) is 0 Å². The Labute approximate surface area is 77.4 Å². The summed E-state index contributed by atoms with van der Waals surface area (Å²) in [6.07, 6.45) is 9.60. The van der Waals surface area contributed by atoms with Gasteiger partial charge >= 0.3 is 0 Å². The van der Waals surface area contributed by atoms with Gasteiger partial charge in [-0.2, -0.15) is 0 Å². The molecule has 0 radical (unpaired) electrons. The summed E-state index contributed by atoms with van der Waals surface area (Å²) in [6, 6.07) is 0. The molecular weight excluding hydrogens is 144 g/mol. The van der Waals surface area contributed by atoms with Gasteiger partial charge in [0, 0.05) is 0 Å². The van der Waals surface area contributed by atoms with E-state index >= 15 is 0 Å². The van der Waals surface area contributed by atoms with Gasteiger partial charge in [-0.15, -0.1) is 0 Å². The molecule has 0 spiro atoms. The van der Waals surface area contributed by atoms with Crippen LogP contribution in [0.2, 0.25) is 0 Å². The van der Waals surface area contributed by atoms with Gasteiger partial charge in [-0.05, 0) is 40.0 Å². The molecule has 0 fully saturated rings. The Morgan fingerprint density at radius 2 is 1.67 bits per heavy atom. The maximum absolute atomic E-state index is 2.36. The maximum Gasteiger partial charge on any atom is -0.0288 e. The molecule has 0 atom stereocenters. The van der Waals surface area contributed by atoms with E-state index in [1.807, 2.05) is 0 Å². The molecule has 0 aliphatic rings. The molecular formula is C12H22. The van der Waals surface area contributed by atoms with E-state index in [0.717, 1.165) is 0 Å². The van der Waals surface area contributed by atoms with Crippen molar-refractivity contribution in [2.24, 2.45) is 0 Å². The van der Waals surface area contributed by atoms with Gasteiger partial charge in [0.2, 0.25) is 0 Å². The minimum atomic E-state index is 1.20. The zero-order chi connectivity index (χ0) is 9.40. The van der Waals surface area contributed by atoms with Crippen LogP contribution < -0.4 is 0 Å². The van der Waals surface area contributed by atoms with E-state index in [-0.39, 0.29) is 0 Å². The van der Waals surface area contributed by atoms with E-state index in [4.69, 9.17) is 0 Å². The third kappa shape index (κ3) is 7.59. The Hall–Kier alpha value is -0.520. The standard InChI is InChI=1S/C12H22/c1-5-6-9-12(4)10-7-8-11(2)3/h8-9H,5-7,10H2,1-4H3. The van der Waals surface area contributed by atoms with Gasteiger partial charge in [0.25, 0.3) is 0 Å². The lowest BCUT2D eigenvalue weighted by molar-refractivity contribution is 0.908. The van der Waals surface area contributed by atoms with E-state index in [0.29, 0.717) is 0 Å². The van der Waals surface area contributed by atoms with Gasteiger partial charge in [0.15, 0.2) is 0 Å². The monoisotopic (exact) mass is 166 g/mol. The lowest BCUT2D eigenvalue weighted by Gasteiger charge is -1.97. The molecule has 0 nitrogen and oxygen atoms in total. The van der Waals surface area contributed by atoms with Crippen molar-refractivity contribution in [2.75, 3.05) is 0 Å². The van der Waals surface area contributed by atoms with E-state index < -0.39 is 0 Å². The van der Waals surface area contributed by atoms with Gasteiger partial charge in [-0.1, -0.05) is 36.6 Å². The molecule has 0 heterocycles. The molecule has 0 amide bonds. The first-order chi connectivity index (χ1) is 5.66. The van der Waals surface area contributed by atoms with Gasteiger partial charge in [-0.3, -0.25) is 0 Å². The van der Waals surface area contributed by atoms with Crippen molar-refractivity contribution >= 4 is 0 Å². The highest BCUT2D eigenvalue weighted by Crippen LogP contribution is 2.07. The average Bonchev–Trinajstić information content (AvgIpc) is 2.00. The normalized spacial score (nSPS) is 11.5. The summed E-state index contributed by atoms with van der Waals surface area (Å²) in [5, 5.41) is 0. The van der Waals surface area contributed by atoms with Crippen LogP contribution in [0.1, 0.15) is 53.4 Å². The molecule has 0 aliphatic carbocycles. The van der Waals surface area contributed by atoms with Crippen LogP contribution in [0.4, 0.5) is 0 Å². The fourth-order valence-electron chi connectivity index (χ4n) is 1.08. The van der Waals surface area contributed by atoms with Crippen molar-refractivity contribution < 1.29 is 0 Å². The zero-order valence-corrected chi connectivity index (χ0v) is 8.98. The second-order valence-corrected chi connectivity index (χ2v) is 3.66. The highest BCUT2D eigenvalue weighted by atomic mass is 13.9. The quantitative estimate of drug-likeness (QED) is 0.528. The second kappa shape index (κ2) is 7.15. The number of hydrogen-bond acceptors (Lipinski definition) is 0. The van der Waals surface area contributed by atoms with Crippen molar-refractivity contribution in [2.45, 2.75) is 53.4 Å². The summed E-state index contributed by atoms with van der Waals surface area (Å²) in [5.74, 6) is 0. The molecule has 0 rings (SSSR count).